The van der Waals surface area contributed by atoms with Crippen LogP contribution in [0.3, 0.4) is 0 Å². The van der Waals surface area contributed by atoms with Crippen LogP contribution in [0.15, 0.2) is 57.9 Å². The molecule has 0 spiro atoms. The van der Waals surface area contributed by atoms with Gasteiger partial charge in [-0.3, -0.25) is 9.52 Å². The van der Waals surface area contributed by atoms with Gasteiger partial charge in [0.05, 0.1) is 4.90 Å². The molecule has 5 nitrogen and oxygen atoms in total. The van der Waals surface area contributed by atoms with E-state index in [0.29, 0.717) is 0 Å². The largest absolute Gasteiger partial charge is 0.366 e. The molecule has 0 aromatic heterocycles. The number of sulfonamides is 1. The zero-order valence-electron chi connectivity index (χ0n) is 10.2. The van der Waals surface area contributed by atoms with Crippen molar-refractivity contribution in [1.29, 1.82) is 0 Å². The molecule has 2 aromatic rings. The predicted octanol–water partition coefficient (Wildman–Crippen LogP) is 2.35. The van der Waals surface area contributed by atoms with Crippen LogP contribution < -0.4 is 10.5 Å². The van der Waals surface area contributed by atoms with E-state index in [1.165, 1.54) is 24.3 Å². The van der Waals surface area contributed by atoms with E-state index in [1.54, 1.807) is 24.3 Å². The molecule has 0 aliphatic heterocycles. The molecule has 2 rings (SSSR count). The van der Waals surface area contributed by atoms with Crippen LogP contribution in [0, 0.1) is 0 Å². The van der Waals surface area contributed by atoms with Crippen molar-refractivity contribution in [3.63, 3.8) is 0 Å². The first-order valence-electron chi connectivity index (χ1n) is 5.57. The quantitative estimate of drug-likeness (QED) is 0.882. The number of hydrogen-bond acceptors (Lipinski definition) is 3. The summed E-state index contributed by atoms with van der Waals surface area (Å²) in [5.41, 5.74) is 5.67. The molecule has 0 aliphatic rings. The monoisotopic (exact) mass is 354 g/mol. The SMILES string of the molecule is NC(=O)c1cccc(NS(=O)(=O)c2ccc(Br)cc2)c1. The van der Waals surface area contributed by atoms with E-state index in [9.17, 15) is 13.2 Å². The summed E-state index contributed by atoms with van der Waals surface area (Å²) in [6.45, 7) is 0. The standard InChI is InChI=1S/C13H11BrN2O3S/c14-10-4-6-12(7-5-10)20(18,19)16-11-3-1-2-9(8-11)13(15)17/h1-8,16H,(H2,15,17). The van der Waals surface area contributed by atoms with Gasteiger partial charge in [0, 0.05) is 15.7 Å². The summed E-state index contributed by atoms with van der Waals surface area (Å²) in [4.78, 5) is 11.2. The average molecular weight is 355 g/mol. The molecule has 0 saturated carbocycles. The number of halogens is 1. The van der Waals surface area contributed by atoms with Crippen molar-refractivity contribution in [3.05, 3.63) is 58.6 Å². The minimum absolute atomic E-state index is 0.130. The van der Waals surface area contributed by atoms with Crippen molar-refractivity contribution in [2.24, 2.45) is 5.73 Å². The van der Waals surface area contributed by atoms with Crippen molar-refractivity contribution in [1.82, 2.24) is 0 Å². The Morgan fingerprint density at radius 2 is 1.75 bits per heavy atom. The first-order chi connectivity index (χ1) is 9.38. The van der Waals surface area contributed by atoms with E-state index in [-0.39, 0.29) is 16.1 Å². The van der Waals surface area contributed by atoms with Gasteiger partial charge in [-0.25, -0.2) is 8.42 Å². The zero-order valence-corrected chi connectivity index (χ0v) is 12.6. The van der Waals surface area contributed by atoms with Crippen molar-refractivity contribution >= 4 is 37.5 Å². The fourth-order valence-electron chi connectivity index (χ4n) is 1.56. The molecule has 2 aromatic carbocycles. The van der Waals surface area contributed by atoms with Gasteiger partial charge in [0.1, 0.15) is 0 Å². The Balaban J connectivity index is 2.31. The van der Waals surface area contributed by atoms with Gasteiger partial charge in [-0.1, -0.05) is 22.0 Å². The Labute approximate surface area is 125 Å². The van der Waals surface area contributed by atoms with Crippen LogP contribution in [-0.4, -0.2) is 14.3 Å². The number of carbonyl (C=O) groups excluding carboxylic acids is 1. The van der Waals surface area contributed by atoms with Crippen LogP contribution >= 0.6 is 15.9 Å². The van der Waals surface area contributed by atoms with Gasteiger partial charge in [0.25, 0.3) is 10.0 Å². The van der Waals surface area contributed by atoms with Gasteiger partial charge in [-0.05, 0) is 42.5 Å². The fraction of sp³-hybridized carbons (Fsp3) is 0. The molecule has 104 valence electrons. The summed E-state index contributed by atoms with van der Waals surface area (Å²) in [6, 6.07) is 12.2. The lowest BCUT2D eigenvalue weighted by atomic mass is 10.2. The molecule has 0 radical (unpaired) electrons. The Bertz CT molecular complexity index is 742. The second kappa shape index (κ2) is 5.64. The number of anilines is 1. The zero-order chi connectivity index (χ0) is 14.8. The number of nitrogens with one attached hydrogen (secondary N) is 1. The summed E-state index contributed by atoms with van der Waals surface area (Å²) >= 11 is 3.24. The molecule has 0 fully saturated rings. The van der Waals surface area contributed by atoms with E-state index in [4.69, 9.17) is 5.73 Å². The number of amides is 1. The highest BCUT2D eigenvalue weighted by molar-refractivity contribution is 9.10. The van der Waals surface area contributed by atoms with Crippen molar-refractivity contribution in [2.75, 3.05) is 4.72 Å². The highest BCUT2D eigenvalue weighted by Crippen LogP contribution is 2.19. The van der Waals surface area contributed by atoms with Gasteiger partial charge < -0.3 is 5.73 Å². The number of primary amides is 1. The van der Waals surface area contributed by atoms with Crippen molar-refractivity contribution in [3.8, 4) is 0 Å². The Morgan fingerprint density at radius 1 is 1.10 bits per heavy atom. The molecule has 20 heavy (non-hydrogen) atoms. The molecule has 0 unspecified atom stereocenters. The molecule has 0 heterocycles. The maximum absolute atomic E-state index is 12.2. The number of hydrogen-bond donors (Lipinski definition) is 2. The van der Waals surface area contributed by atoms with E-state index in [0.717, 1.165) is 4.47 Å². The molecule has 1 amide bonds. The van der Waals surface area contributed by atoms with Crippen molar-refractivity contribution < 1.29 is 13.2 Å². The minimum atomic E-state index is -3.70. The van der Waals surface area contributed by atoms with E-state index < -0.39 is 15.9 Å². The molecule has 0 aliphatic carbocycles. The molecule has 0 saturated heterocycles. The first kappa shape index (κ1) is 14.5. The summed E-state index contributed by atoms with van der Waals surface area (Å²) in [5.74, 6) is -0.616. The highest BCUT2D eigenvalue weighted by Gasteiger charge is 2.14. The topological polar surface area (TPSA) is 89.3 Å². The lowest BCUT2D eigenvalue weighted by molar-refractivity contribution is 0.100. The third-order valence-corrected chi connectivity index (χ3v) is 4.45. The van der Waals surface area contributed by atoms with Crippen LogP contribution in [0.4, 0.5) is 5.69 Å². The number of carbonyl (C=O) groups is 1. The van der Waals surface area contributed by atoms with Crippen LogP contribution in [0.1, 0.15) is 10.4 Å². The average Bonchev–Trinajstić information content (AvgIpc) is 2.39. The summed E-state index contributed by atoms with van der Waals surface area (Å²) < 4.78 is 27.5. The maximum Gasteiger partial charge on any atom is 0.261 e. The smallest absolute Gasteiger partial charge is 0.261 e. The number of benzene rings is 2. The van der Waals surface area contributed by atoms with Gasteiger partial charge >= 0.3 is 0 Å². The normalized spacial score (nSPS) is 11.1. The number of nitrogens with two attached hydrogens (primary N) is 1. The molecular weight excluding hydrogens is 344 g/mol. The molecule has 0 bridgehead atoms. The van der Waals surface area contributed by atoms with E-state index in [1.807, 2.05) is 0 Å². The number of rotatable bonds is 4. The molecular formula is C13H11BrN2O3S. The second-order valence-corrected chi connectivity index (χ2v) is 6.60. The summed E-state index contributed by atoms with van der Waals surface area (Å²) in [5, 5.41) is 0. The predicted molar refractivity (Wildman–Crippen MR) is 79.9 cm³/mol. The minimum Gasteiger partial charge on any atom is -0.366 e. The molecule has 3 N–H and O–H groups in total. The lowest BCUT2D eigenvalue weighted by Gasteiger charge is -2.08. The van der Waals surface area contributed by atoms with Gasteiger partial charge in [-0.15, -0.1) is 0 Å². The van der Waals surface area contributed by atoms with Gasteiger partial charge in [0.15, 0.2) is 0 Å². The van der Waals surface area contributed by atoms with Gasteiger partial charge in [0.2, 0.25) is 5.91 Å². The fourth-order valence-corrected chi connectivity index (χ4v) is 2.88. The Kier molecular flexibility index (Phi) is 4.10. The van der Waals surface area contributed by atoms with E-state index in [2.05, 4.69) is 20.7 Å². The molecule has 7 heteroatoms. The van der Waals surface area contributed by atoms with Crippen LogP contribution in [-0.2, 0) is 10.0 Å². The van der Waals surface area contributed by atoms with Crippen molar-refractivity contribution in [2.45, 2.75) is 4.90 Å². The summed E-state index contributed by atoms with van der Waals surface area (Å²) in [7, 11) is -3.70. The first-order valence-corrected chi connectivity index (χ1v) is 7.84. The van der Waals surface area contributed by atoms with Gasteiger partial charge in [-0.2, -0.15) is 0 Å². The Morgan fingerprint density at radius 3 is 2.35 bits per heavy atom. The van der Waals surface area contributed by atoms with Crippen LogP contribution in [0.2, 0.25) is 0 Å². The second-order valence-electron chi connectivity index (χ2n) is 4.00. The van der Waals surface area contributed by atoms with Crippen LogP contribution in [0.5, 0.6) is 0 Å². The lowest BCUT2D eigenvalue weighted by Crippen LogP contribution is -2.15. The third-order valence-electron chi connectivity index (χ3n) is 2.52. The van der Waals surface area contributed by atoms with E-state index >= 15 is 0 Å². The third kappa shape index (κ3) is 3.37. The highest BCUT2D eigenvalue weighted by atomic mass is 79.9. The Hall–Kier alpha value is -1.86. The van der Waals surface area contributed by atoms with Crippen LogP contribution in [0.25, 0.3) is 0 Å². The molecule has 0 atom stereocenters. The maximum atomic E-state index is 12.2. The summed E-state index contributed by atoms with van der Waals surface area (Å²) in [6.07, 6.45) is 0.